The van der Waals surface area contributed by atoms with Crippen molar-refractivity contribution >= 4 is 0 Å². The van der Waals surface area contributed by atoms with Gasteiger partial charge in [0.15, 0.2) is 0 Å². The van der Waals surface area contributed by atoms with Crippen molar-refractivity contribution in [3.05, 3.63) is 11.8 Å². The van der Waals surface area contributed by atoms with Crippen LogP contribution in [0.5, 0.6) is 0 Å². The summed E-state index contributed by atoms with van der Waals surface area (Å²) in [6.07, 6.45) is 11.6. The first-order chi connectivity index (χ1) is 7.38. The minimum atomic E-state index is -0.328. The van der Waals surface area contributed by atoms with E-state index in [4.69, 9.17) is 4.74 Å². The van der Waals surface area contributed by atoms with Crippen molar-refractivity contribution in [1.29, 1.82) is 0 Å². The summed E-state index contributed by atoms with van der Waals surface area (Å²) in [5.41, 5.74) is 0. The molecular weight excluding hydrogens is 188 g/mol. The summed E-state index contributed by atoms with van der Waals surface area (Å²) in [6, 6.07) is 0. The van der Waals surface area contributed by atoms with E-state index in [1.807, 2.05) is 0 Å². The van der Waals surface area contributed by atoms with Crippen molar-refractivity contribution in [2.24, 2.45) is 5.92 Å². The van der Waals surface area contributed by atoms with Crippen molar-refractivity contribution in [2.45, 2.75) is 57.5 Å². The third-order valence-corrected chi connectivity index (χ3v) is 3.62. The van der Waals surface area contributed by atoms with E-state index in [1.54, 1.807) is 0 Å². The van der Waals surface area contributed by atoms with Crippen LogP contribution in [-0.2, 0) is 4.74 Å². The summed E-state index contributed by atoms with van der Waals surface area (Å²) in [6.45, 7) is 0.763. The average molecular weight is 210 g/mol. The zero-order chi connectivity index (χ0) is 10.5. The SMILES string of the molecule is OC(C1=CCCO1)C1CCCCCCC1. The lowest BCUT2D eigenvalue weighted by molar-refractivity contribution is 0.0632. The number of ether oxygens (including phenoxy) is 1. The van der Waals surface area contributed by atoms with Gasteiger partial charge in [0.1, 0.15) is 11.9 Å². The molecule has 1 aliphatic carbocycles. The molecule has 1 saturated carbocycles. The third-order valence-electron chi connectivity index (χ3n) is 3.62. The maximum atomic E-state index is 10.2. The molecule has 0 spiro atoms. The number of rotatable bonds is 2. The summed E-state index contributed by atoms with van der Waals surface area (Å²) in [5, 5.41) is 10.2. The van der Waals surface area contributed by atoms with Crippen LogP contribution in [0.15, 0.2) is 11.8 Å². The molecule has 1 aliphatic heterocycles. The van der Waals surface area contributed by atoms with Crippen molar-refractivity contribution in [1.82, 2.24) is 0 Å². The highest BCUT2D eigenvalue weighted by Crippen LogP contribution is 2.29. The van der Waals surface area contributed by atoms with Crippen molar-refractivity contribution < 1.29 is 9.84 Å². The van der Waals surface area contributed by atoms with Crippen LogP contribution < -0.4 is 0 Å². The summed E-state index contributed by atoms with van der Waals surface area (Å²) in [7, 11) is 0. The highest BCUT2D eigenvalue weighted by atomic mass is 16.5. The standard InChI is InChI=1S/C13H22O2/c14-13(12-9-6-10-15-12)11-7-4-2-1-3-5-8-11/h9,11,13-14H,1-8,10H2. The minimum Gasteiger partial charge on any atom is -0.495 e. The molecular formula is C13H22O2. The molecule has 0 aromatic heterocycles. The van der Waals surface area contributed by atoms with E-state index < -0.39 is 0 Å². The Hall–Kier alpha value is -0.500. The largest absolute Gasteiger partial charge is 0.495 e. The molecule has 1 fully saturated rings. The van der Waals surface area contributed by atoms with Gasteiger partial charge in [0.2, 0.25) is 0 Å². The molecule has 86 valence electrons. The molecule has 0 amide bonds. The van der Waals surface area contributed by atoms with E-state index in [0.29, 0.717) is 5.92 Å². The Labute approximate surface area is 92.3 Å². The fourth-order valence-corrected chi connectivity index (χ4v) is 2.68. The van der Waals surface area contributed by atoms with Crippen LogP contribution in [0.25, 0.3) is 0 Å². The first-order valence-corrected chi connectivity index (χ1v) is 6.39. The molecule has 0 aromatic carbocycles. The molecule has 15 heavy (non-hydrogen) atoms. The van der Waals surface area contributed by atoms with E-state index in [2.05, 4.69) is 6.08 Å². The van der Waals surface area contributed by atoms with Gasteiger partial charge in [-0.25, -0.2) is 0 Å². The summed E-state index contributed by atoms with van der Waals surface area (Å²) in [4.78, 5) is 0. The molecule has 1 N–H and O–H groups in total. The predicted octanol–water partition coefficient (Wildman–Crippen LogP) is 3.01. The molecule has 0 bridgehead atoms. The molecule has 0 aromatic rings. The lowest BCUT2D eigenvalue weighted by Gasteiger charge is -2.25. The molecule has 0 radical (unpaired) electrons. The van der Waals surface area contributed by atoms with Crippen LogP contribution in [0.2, 0.25) is 0 Å². The molecule has 1 atom stereocenters. The second-order valence-corrected chi connectivity index (χ2v) is 4.79. The van der Waals surface area contributed by atoms with Gasteiger partial charge in [0, 0.05) is 6.42 Å². The fraction of sp³-hybridized carbons (Fsp3) is 0.846. The van der Waals surface area contributed by atoms with E-state index in [1.165, 1.54) is 44.9 Å². The number of hydrogen-bond acceptors (Lipinski definition) is 2. The molecule has 1 unspecified atom stereocenters. The molecule has 2 aliphatic rings. The predicted molar refractivity (Wildman–Crippen MR) is 60.5 cm³/mol. The monoisotopic (exact) mass is 210 g/mol. The Kier molecular flexibility index (Phi) is 4.07. The second kappa shape index (κ2) is 5.55. The third kappa shape index (κ3) is 2.97. The quantitative estimate of drug-likeness (QED) is 0.759. The van der Waals surface area contributed by atoms with Crippen LogP contribution >= 0.6 is 0 Å². The van der Waals surface area contributed by atoms with Gasteiger partial charge in [-0.15, -0.1) is 0 Å². The smallest absolute Gasteiger partial charge is 0.121 e. The van der Waals surface area contributed by atoms with Crippen molar-refractivity contribution in [3.8, 4) is 0 Å². The number of hydrogen-bond donors (Lipinski definition) is 1. The molecule has 2 nitrogen and oxygen atoms in total. The van der Waals surface area contributed by atoms with E-state index in [9.17, 15) is 5.11 Å². The molecule has 2 rings (SSSR count). The Balaban J connectivity index is 1.88. The van der Waals surface area contributed by atoms with Crippen LogP contribution in [0.3, 0.4) is 0 Å². The van der Waals surface area contributed by atoms with Gasteiger partial charge in [-0.05, 0) is 24.8 Å². The lowest BCUT2D eigenvalue weighted by Crippen LogP contribution is -2.24. The van der Waals surface area contributed by atoms with Crippen LogP contribution in [0.4, 0.5) is 0 Å². The second-order valence-electron chi connectivity index (χ2n) is 4.79. The maximum absolute atomic E-state index is 10.2. The van der Waals surface area contributed by atoms with E-state index in [-0.39, 0.29) is 6.10 Å². The van der Waals surface area contributed by atoms with Gasteiger partial charge in [-0.1, -0.05) is 32.1 Å². The zero-order valence-corrected chi connectivity index (χ0v) is 9.45. The highest BCUT2D eigenvalue weighted by molar-refractivity contribution is 5.05. The summed E-state index contributed by atoms with van der Waals surface area (Å²) >= 11 is 0. The topological polar surface area (TPSA) is 29.5 Å². The summed E-state index contributed by atoms with van der Waals surface area (Å²) in [5.74, 6) is 1.29. The van der Waals surface area contributed by atoms with Gasteiger partial charge in [-0.2, -0.15) is 0 Å². The van der Waals surface area contributed by atoms with Crippen molar-refractivity contribution in [2.75, 3.05) is 6.61 Å². The first kappa shape index (κ1) is 11.0. The lowest BCUT2D eigenvalue weighted by atomic mass is 9.86. The normalized spacial score (nSPS) is 26.3. The molecule has 2 heteroatoms. The number of aliphatic hydroxyl groups is 1. The molecule has 1 heterocycles. The van der Waals surface area contributed by atoms with Crippen LogP contribution in [0.1, 0.15) is 51.4 Å². The Morgan fingerprint density at radius 1 is 1.13 bits per heavy atom. The number of aliphatic hydroxyl groups excluding tert-OH is 1. The Bertz CT molecular complexity index is 215. The maximum Gasteiger partial charge on any atom is 0.121 e. The van der Waals surface area contributed by atoms with Crippen LogP contribution in [-0.4, -0.2) is 17.8 Å². The van der Waals surface area contributed by atoms with E-state index in [0.717, 1.165) is 18.8 Å². The van der Waals surface area contributed by atoms with Gasteiger partial charge in [0.25, 0.3) is 0 Å². The average Bonchev–Trinajstić information content (AvgIpc) is 2.68. The zero-order valence-electron chi connectivity index (χ0n) is 9.45. The first-order valence-electron chi connectivity index (χ1n) is 6.39. The Morgan fingerprint density at radius 3 is 2.40 bits per heavy atom. The van der Waals surface area contributed by atoms with Gasteiger partial charge >= 0.3 is 0 Å². The Morgan fingerprint density at radius 2 is 1.80 bits per heavy atom. The molecule has 0 saturated heterocycles. The van der Waals surface area contributed by atoms with Crippen LogP contribution in [0, 0.1) is 5.92 Å². The van der Waals surface area contributed by atoms with Crippen molar-refractivity contribution in [3.63, 3.8) is 0 Å². The minimum absolute atomic E-state index is 0.328. The van der Waals surface area contributed by atoms with Gasteiger partial charge in [-0.3, -0.25) is 0 Å². The van der Waals surface area contributed by atoms with Gasteiger partial charge < -0.3 is 9.84 Å². The fourth-order valence-electron chi connectivity index (χ4n) is 2.68. The highest BCUT2D eigenvalue weighted by Gasteiger charge is 2.25. The summed E-state index contributed by atoms with van der Waals surface area (Å²) < 4.78 is 5.45. The van der Waals surface area contributed by atoms with Gasteiger partial charge in [0.05, 0.1) is 6.61 Å². The van der Waals surface area contributed by atoms with E-state index >= 15 is 0 Å².